The van der Waals surface area contributed by atoms with Gasteiger partial charge in [-0.25, -0.2) is 0 Å². The zero-order valence-electron chi connectivity index (χ0n) is 6.50. The lowest BCUT2D eigenvalue weighted by Crippen LogP contribution is -2.16. The molecular weight excluding hydrogens is 138 g/mol. The van der Waals surface area contributed by atoms with Crippen LogP contribution >= 0.6 is 0 Å². The van der Waals surface area contributed by atoms with Gasteiger partial charge in [-0.3, -0.25) is 4.79 Å². The average Bonchev–Trinajstić information content (AvgIpc) is 2.04. The van der Waals surface area contributed by atoms with Crippen LogP contribution in [0.25, 0.3) is 0 Å². The second-order valence-corrected chi connectivity index (χ2v) is 2.39. The molecule has 0 aromatic rings. The summed E-state index contributed by atoms with van der Waals surface area (Å²) in [6.45, 7) is 1.91. The Kier molecular flexibility index (Phi) is 2.26. The molecule has 1 aliphatic rings. The third-order valence-corrected chi connectivity index (χ3v) is 1.70. The number of amides is 1. The lowest BCUT2D eigenvalue weighted by atomic mass is 9.98. The number of carbonyl (C=O) groups excluding carboxylic acids is 1. The maximum atomic E-state index is 10.8. The second-order valence-electron chi connectivity index (χ2n) is 2.39. The summed E-state index contributed by atoms with van der Waals surface area (Å²) in [5, 5.41) is 0. The van der Waals surface area contributed by atoms with E-state index in [1.54, 1.807) is 6.08 Å². The first-order valence-corrected chi connectivity index (χ1v) is 3.58. The van der Waals surface area contributed by atoms with Crippen LogP contribution in [-0.4, -0.2) is 5.91 Å². The molecule has 1 aliphatic carbocycles. The van der Waals surface area contributed by atoms with Crippen LogP contribution in [0.5, 0.6) is 0 Å². The maximum Gasteiger partial charge on any atom is 0.248 e. The fourth-order valence-electron chi connectivity index (χ4n) is 1.09. The van der Waals surface area contributed by atoms with Gasteiger partial charge >= 0.3 is 0 Å². The van der Waals surface area contributed by atoms with Gasteiger partial charge in [0.2, 0.25) is 5.91 Å². The molecule has 60 valence electrons. The second kappa shape index (κ2) is 3.19. The lowest BCUT2D eigenvalue weighted by Gasteiger charge is -2.08. The highest BCUT2D eigenvalue weighted by molar-refractivity contribution is 5.97. The average molecular weight is 151 g/mol. The Morgan fingerprint density at radius 2 is 2.55 bits per heavy atom. The summed E-state index contributed by atoms with van der Waals surface area (Å²) < 4.78 is 0. The molecule has 2 N–H and O–H groups in total. The highest BCUT2D eigenvalue weighted by Crippen LogP contribution is 2.18. The van der Waals surface area contributed by atoms with Gasteiger partial charge in [0.1, 0.15) is 0 Å². The molecule has 1 rings (SSSR count). The highest BCUT2D eigenvalue weighted by Gasteiger charge is 2.10. The van der Waals surface area contributed by atoms with Crippen molar-refractivity contribution in [2.45, 2.75) is 13.3 Å². The third-order valence-electron chi connectivity index (χ3n) is 1.70. The number of primary amides is 1. The van der Waals surface area contributed by atoms with E-state index in [1.165, 1.54) is 0 Å². The number of rotatable bonds is 1. The van der Waals surface area contributed by atoms with E-state index in [9.17, 15) is 4.79 Å². The molecule has 0 unspecified atom stereocenters. The molecule has 2 heteroatoms. The van der Waals surface area contributed by atoms with Gasteiger partial charge < -0.3 is 5.73 Å². The molecule has 0 saturated carbocycles. The molecule has 2 nitrogen and oxygen atoms in total. The van der Waals surface area contributed by atoms with Crippen molar-refractivity contribution < 1.29 is 6.22 Å². The van der Waals surface area contributed by atoms with Crippen LogP contribution in [-0.2, 0) is 4.79 Å². The highest BCUT2D eigenvalue weighted by atomic mass is 16.1. The minimum Gasteiger partial charge on any atom is -0.366 e. The van der Waals surface area contributed by atoms with Gasteiger partial charge in [0.25, 0.3) is 0 Å². The lowest BCUT2D eigenvalue weighted by molar-refractivity contribution is -0.114. The molecule has 0 saturated heterocycles. The predicted octanol–water partition coefficient (Wildman–Crippen LogP) is 1.55. The van der Waals surface area contributed by atoms with Gasteiger partial charge in [-0.2, -0.15) is 0 Å². The number of hydrogen-bond donors (Lipinski definition) is 1. The Morgan fingerprint density at radius 1 is 1.82 bits per heavy atom. The topological polar surface area (TPSA) is 43.1 Å². The van der Waals surface area contributed by atoms with Crippen molar-refractivity contribution in [2.24, 2.45) is 5.73 Å². The summed E-state index contributed by atoms with van der Waals surface area (Å²) in [5.41, 5.74) is 6.80. The zero-order chi connectivity index (χ0) is 8.27. The fourth-order valence-corrected chi connectivity index (χ4v) is 1.09. The van der Waals surface area contributed by atoms with E-state index < -0.39 is 0 Å². The molecule has 0 heterocycles. The van der Waals surface area contributed by atoms with Gasteiger partial charge in [0.15, 0.2) is 0 Å². The van der Waals surface area contributed by atoms with Crippen molar-refractivity contribution in [2.75, 3.05) is 0 Å². The van der Waals surface area contributed by atoms with E-state index in [0.29, 0.717) is 5.57 Å². The summed E-state index contributed by atoms with van der Waals surface area (Å²) in [6.07, 6.45) is 8.33. The van der Waals surface area contributed by atoms with Crippen LogP contribution in [0.2, 0.25) is 0 Å². The first-order chi connectivity index (χ1) is 5.25. The molecule has 0 aliphatic heterocycles. The molecule has 0 fully saturated rings. The summed E-state index contributed by atoms with van der Waals surface area (Å²) in [4.78, 5) is 10.8. The van der Waals surface area contributed by atoms with Gasteiger partial charge in [-0.05, 0) is 25.0 Å². The summed E-state index contributed by atoms with van der Waals surface area (Å²) >= 11 is 0. The van der Waals surface area contributed by atoms with Crippen LogP contribution in [0.4, 0.5) is 0 Å². The summed E-state index contributed by atoms with van der Waals surface area (Å²) in [7, 11) is 0. The Labute approximate surface area is 67.6 Å². The van der Waals surface area contributed by atoms with Gasteiger partial charge in [0, 0.05) is 7.00 Å². The predicted molar refractivity (Wildman–Crippen MR) is 46.9 cm³/mol. The molecule has 1 amide bonds. The fraction of sp³-hybridized carbons (Fsp3) is 0.222. The van der Waals surface area contributed by atoms with Crippen LogP contribution < -0.4 is 5.73 Å². The number of nitrogens with two attached hydrogens (primary N) is 1. The maximum absolute atomic E-state index is 10.8. The van der Waals surface area contributed by atoms with E-state index in [1.807, 2.05) is 25.2 Å². The Bertz CT molecular complexity index is 264. The molecule has 0 spiro atoms. The van der Waals surface area contributed by atoms with Crippen molar-refractivity contribution in [3.05, 3.63) is 35.5 Å². The molecule has 0 aromatic carbocycles. The molecule has 0 atom stereocenters. The van der Waals surface area contributed by atoms with Gasteiger partial charge in [-0.15, -0.1) is 0 Å². The van der Waals surface area contributed by atoms with E-state index in [4.69, 9.17) is 5.73 Å². The quantitative estimate of drug-likeness (QED) is 0.607. The first kappa shape index (κ1) is 7.79. The Morgan fingerprint density at radius 3 is 3.00 bits per heavy atom. The van der Waals surface area contributed by atoms with Crippen LogP contribution in [0.3, 0.4) is 0 Å². The number of hydrogen-bond acceptors (Lipinski definition) is 1. The third kappa shape index (κ3) is 1.58. The molecule has 0 aromatic heterocycles. The molecular formula is C9H13NO. The van der Waals surface area contributed by atoms with Crippen molar-refractivity contribution in [3.8, 4) is 0 Å². The van der Waals surface area contributed by atoms with E-state index in [-0.39, 0.29) is 7.33 Å². The summed E-state index contributed by atoms with van der Waals surface area (Å²) in [5.74, 6) is -0.345. The minimum absolute atomic E-state index is 0. The Balaban J connectivity index is 0.00000121. The largest absolute Gasteiger partial charge is 0.366 e. The van der Waals surface area contributed by atoms with E-state index in [0.717, 1.165) is 12.0 Å². The SMILES string of the molecule is C/C=C1\CC=CC=C1C(N)=O.[HH]. The van der Waals surface area contributed by atoms with Crippen LogP contribution in [0.1, 0.15) is 14.8 Å². The van der Waals surface area contributed by atoms with E-state index in [2.05, 4.69) is 0 Å². The number of carbonyl (C=O) groups is 1. The molecule has 11 heavy (non-hydrogen) atoms. The smallest absolute Gasteiger partial charge is 0.248 e. The van der Waals surface area contributed by atoms with Crippen LogP contribution in [0, 0.1) is 0 Å². The molecule has 0 bridgehead atoms. The van der Waals surface area contributed by atoms with Crippen LogP contribution in [0.15, 0.2) is 35.5 Å². The first-order valence-electron chi connectivity index (χ1n) is 3.58. The van der Waals surface area contributed by atoms with Crippen molar-refractivity contribution in [3.63, 3.8) is 0 Å². The Hall–Kier alpha value is -1.31. The monoisotopic (exact) mass is 151 g/mol. The van der Waals surface area contributed by atoms with Gasteiger partial charge in [-0.1, -0.05) is 18.2 Å². The van der Waals surface area contributed by atoms with Crippen molar-refractivity contribution >= 4 is 5.91 Å². The van der Waals surface area contributed by atoms with Gasteiger partial charge in [0.05, 0.1) is 0 Å². The number of allylic oxidation sites excluding steroid dienone is 4. The zero-order valence-corrected chi connectivity index (χ0v) is 6.50. The normalized spacial score (nSPS) is 20.1. The minimum atomic E-state index is -0.345. The standard InChI is InChI=1S/C9H11NO.H2/c1-2-7-5-3-4-6-8(7)9(10)11;/h2-4,6H,5H2,1H3,(H2,10,11);1H/b7-2+;. The van der Waals surface area contributed by atoms with Crippen molar-refractivity contribution in [1.82, 2.24) is 0 Å². The van der Waals surface area contributed by atoms with Crippen molar-refractivity contribution in [1.29, 1.82) is 0 Å². The summed E-state index contributed by atoms with van der Waals surface area (Å²) in [6, 6.07) is 0. The molecule has 0 radical (unpaired) electrons. The van der Waals surface area contributed by atoms with E-state index >= 15 is 0 Å².